The molecule has 2 aromatic rings. The van der Waals surface area contributed by atoms with Crippen molar-refractivity contribution in [3.05, 3.63) is 35.4 Å². The summed E-state index contributed by atoms with van der Waals surface area (Å²) in [5.74, 6) is -1.12. The number of hydrogen-bond acceptors (Lipinski definition) is 9. The Labute approximate surface area is 205 Å². The largest absolute Gasteiger partial charge is 0.463 e. The van der Waals surface area contributed by atoms with Gasteiger partial charge in [-0.2, -0.15) is 33.4 Å². The number of Topliss-reactive ketones (excluding diaryl/α,β-unsaturated/α-hetero) is 2. The van der Waals surface area contributed by atoms with Crippen molar-refractivity contribution in [2.45, 2.75) is 51.1 Å². The number of ether oxygens (including phenoxy) is 1. The molecule has 0 bridgehead atoms. The van der Waals surface area contributed by atoms with E-state index in [-0.39, 0.29) is 47.9 Å². The van der Waals surface area contributed by atoms with E-state index in [9.17, 15) is 22.8 Å². The molecule has 2 aromatic heterocycles. The van der Waals surface area contributed by atoms with Gasteiger partial charge in [-0.15, -0.1) is 0 Å². The molecule has 2 fully saturated rings. The lowest BCUT2D eigenvalue weighted by Gasteiger charge is -2.32. The fourth-order valence-corrected chi connectivity index (χ4v) is 4.07. The van der Waals surface area contributed by atoms with Crippen LogP contribution in [-0.2, 0) is 0 Å². The first-order valence-electron chi connectivity index (χ1n) is 11.7. The van der Waals surface area contributed by atoms with Crippen LogP contribution >= 0.6 is 0 Å². The molecule has 1 aliphatic heterocycles. The number of pyridine rings is 1. The van der Waals surface area contributed by atoms with Gasteiger partial charge in [0.2, 0.25) is 17.6 Å². The number of halogens is 3. The number of carbonyl (C=O) groups is 2. The number of hydrogen-bond donors (Lipinski definition) is 0. The second kappa shape index (κ2) is 10.6. The molecule has 0 amide bonds. The maximum Gasteiger partial charge on any atom is 0.389 e. The van der Waals surface area contributed by atoms with Crippen LogP contribution in [-0.4, -0.2) is 57.4 Å². The molecular weight excluding hydrogens is 477 g/mol. The van der Waals surface area contributed by atoms with Crippen LogP contribution < -0.4 is 9.64 Å². The topological polar surface area (TPSA) is 122 Å². The number of piperidine rings is 1. The molecule has 3 heterocycles. The number of anilines is 1. The summed E-state index contributed by atoms with van der Waals surface area (Å²) in [5, 5.41) is 8.96. The Morgan fingerprint density at radius 2 is 1.92 bits per heavy atom. The van der Waals surface area contributed by atoms with E-state index in [4.69, 9.17) is 10.00 Å². The summed E-state index contributed by atoms with van der Waals surface area (Å²) in [6, 6.07) is 7.36. The third kappa shape index (κ3) is 6.53. The lowest BCUT2D eigenvalue weighted by Crippen LogP contribution is -2.35. The summed E-state index contributed by atoms with van der Waals surface area (Å²) in [7, 11) is 0. The first-order valence-corrected chi connectivity index (χ1v) is 11.7. The van der Waals surface area contributed by atoms with Crippen LogP contribution in [0.4, 0.5) is 19.1 Å². The van der Waals surface area contributed by atoms with Gasteiger partial charge in [0.15, 0.2) is 5.78 Å². The Bertz CT molecular complexity index is 1170. The highest BCUT2D eigenvalue weighted by atomic mass is 19.4. The highest BCUT2D eigenvalue weighted by Gasteiger charge is 2.38. The Morgan fingerprint density at radius 1 is 1.17 bits per heavy atom. The molecule has 1 aliphatic carbocycles. The SMILES string of the molecule is CC(=O)c1cccc(C2CCN(c3nc(OC[C@H]4C[C@H]4C#N)nc(C(=O)CCC(F)(F)F)n3)CC2)n1. The normalized spacial score (nSPS) is 20.0. The lowest BCUT2D eigenvalue weighted by atomic mass is 9.93. The van der Waals surface area contributed by atoms with Crippen LogP contribution in [0.5, 0.6) is 6.01 Å². The number of carbonyl (C=O) groups excluding carboxylic acids is 2. The molecule has 2 aliphatic rings. The van der Waals surface area contributed by atoms with Gasteiger partial charge in [-0.05, 0) is 31.4 Å². The first kappa shape index (κ1) is 25.5. The van der Waals surface area contributed by atoms with E-state index < -0.39 is 24.8 Å². The van der Waals surface area contributed by atoms with Crippen molar-refractivity contribution in [1.82, 2.24) is 19.9 Å². The van der Waals surface area contributed by atoms with Crippen LogP contribution in [0, 0.1) is 23.2 Å². The fourth-order valence-electron chi connectivity index (χ4n) is 4.07. The maximum absolute atomic E-state index is 12.6. The van der Waals surface area contributed by atoms with Gasteiger partial charge in [-0.1, -0.05) is 6.07 Å². The van der Waals surface area contributed by atoms with E-state index in [1.807, 2.05) is 11.0 Å². The van der Waals surface area contributed by atoms with Crippen molar-refractivity contribution < 1.29 is 27.5 Å². The summed E-state index contributed by atoms with van der Waals surface area (Å²) >= 11 is 0. The fraction of sp³-hybridized carbons (Fsp3) is 0.542. The zero-order valence-electron chi connectivity index (χ0n) is 19.7. The molecular formula is C24H25F3N6O3. The molecule has 190 valence electrons. The Balaban J connectivity index is 1.48. The molecule has 0 aromatic carbocycles. The van der Waals surface area contributed by atoms with Crippen molar-refractivity contribution >= 4 is 17.5 Å². The smallest absolute Gasteiger partial charge is 0.389 e. The zero-order chi connectivity index (χ0) is 25.9. The summed E-state index contributed by atoms with van der Waals surface area (Å²) in [5.41, 5.74) is 1.23. The van der Waals surface area contributed by atoms with Crippen LogP contribution in [0.15, 0.2) is 18.2 Å². The molecule has 0 spiro atoms. The number of ketones is 2. The second-order valence-corrected chi connectivity index (χ2v) is 9.09. The van der Waals surface area contributed by atoms with E-state index in [1.165, 1.54) is 6.92 Å². The van der Waals surface area contributed by atoms with Gasteiger partial charge in [0.25, 0.3) is 0 Å². The molecule has 4 rings (SSSR count). The maximum atomic E-state index is 12.6. The highest BCUT2D eigenvalue weighted by molar-refractivity contribution is 5.93. The third-order valence-electron chi connectivity index (χ3n) is 6.33. The van der Waals surface area contributed by atoms with Gasteiger partial charge in [0, 0.05) is 44.0 Å². The number of nitrogens with zero attached hydrogens (tertiary/aromatic N) is 6. The number of rotatable bonds is 9. The van der Waals surface area contributed by atoms with Crippen LogP contribution in [0.1, 0.15) is 71.7 Å². The predicted molar refractivity (Wildman–Crippen MR) is 121 cm³/mol. The second-order valence-electron chi connectivity index (χ2n) is 9.09. The van der Waals surface area contributed by atoms with Crippen LogP contribution in [0.3, 0.4) is 0 Å². The number of aromatic nitrogens is 4. The Hall–Kier alpha value is -3.62. The minimum absolute atomic E-state index is 0.0357. The minimum atomic E-state index is -4.47. The lowest BCUT2D eigenvalue weighted by molar-refractivity contribution is -0.133. The van der Waals surface area contributed by atoms with Crippen molar-refractivity contribution in [1.29, 1.82) is 5.26 Å². The van der Waals surface area contributed by atoms with Crippen LogP contribution in [0.25, 0.3) is 0 Å². The summed E-state index contributed by atoms with van der Waals surface area (Å²) < 4.78 is 43.5. The molecule has 9 nitrogen and oxygen atoms in total. The van der Waals surface area contributed by atoms with Gasteiger partial charge in [0.1, 0.15) is 5.69 Å². The molecule has 1 saturated heterocycles. The molecule has 0 unspecified atom stereocenters. The average molecular weight is 502 g/mol. The quantitative estimate of drug-likeness (QED) is 0.470. The standard InChI is InChI=1S/C24H25F3N6O3/c1-14(34)18-3-2-4-19(29-18)15-6-9-33(10-7-15)22-30-21(20(35)5-8-24(25,26)27)31-23(32-22)36-13-17-11-16(17)12-28/h2-4,15-17H,5-11,13H2,1H3/t16-,17+/m0/s1. The van der Waals surface area contributed by atoms with Crippen molar-refractivity contribution in [2.75, 3.05) is 24.6 Å². The van der Waals surface area contributed by atoms with E-state index in [0.717, 1.165) is 5.69 Å². The Morgan fingerprint density at radius 3 is 2.56 bits per heavy atom. The Kier molecular flexibility index (Phi) is 7.47. The predicted octanol–water partition coefficient (Wildman–Crippen LogP) is 3.92. The minimum Gasteiger partial charge on any atom is -0.463 e. The first-order chi connectivity index (χ1) is 17.1. The van der Waals surface area contributed by atoms with Gasteiger partial charge >= 0.3 is 12.2 Å². The van der Waals surface area contributed by atoms with E-state index in [2.05, 4.69) is 26.0 Å². The summed E-state index contributed by atoms with van der Waals surface area (Å²) in [6.07, 6.45) is -4.46. The van der Waals surface area contributed by atoms with Gasteiger partial charge in [0.05, 0.1) is 25.0 Å². The molecule has 36 heavy (non-hydrogen) atoms. The van der Waals surface area contributed by atoms with Crippen molar-refractivity contribution in [3.8, 4) is 12.1 Å². The van der Waals surface area contributed by atoms with E-state index >= 15 is 0 Å². The monoisotopic (exact) mass is 502 g/mol. The summed E-state index contributed by atoms with van der Waals surface area (Å²) in [6.45, 7) is 2.66. The number of nitriles is 1. The van der Waals surface area contributed by atoms with Gasteiger partial charge < -0.3 is 9.64 Å². The third-order valence-corrected chi connectivity index (χ3v) is 6.33. The zero-order valence-corrected chi connectivity index (χ0v) is 19.7. The molecule has 0 N–H and O–H groups in total. The number of alkyl halides is 3. The summed E-state index contributed by atoms with van der Waals surface area (Å²) in [4.78, 5) is 42.8. The van der Waals surface area contributed by atoms with Crippen LogP contribution in [0.2, 0.25) is 0 Å². The highest BCUT2D eigenvalue weighted by Crippen LogP contribution is 2.37. The van der Waals surface area contributed by atoms with Gasteiger partial charge in [-0.25, -0.2) is 4.98 Å². The van der Waals surface area contributed by atoms with Crippen molar-refractivity contribution in [3.63, 3.8) is 0 Å². The average Bonchev–Trinajstić information content (AvgIpc) is 3.64. The molecule has 2 atom stereocenters. The van der Waals surface area contributed by atoms with E-state index in [1.54, 1.807) is 12.1 Å². The molecule has 1 saturated carbocycles. The molecule has 12 heteroatoms. The molecule has 0 radical (unpaired) electrons. The van der Waals surface area contributed by atoms with Crippen molar-refractivity contribution in [2.24, 2.45) is 11.8 Å². The van der Waals surface area contributed by atoms with Gasteiger partial charge in [-0.3, -0.25) is 9.59 Å². The van der Waals surface area contributed by atoms with E-state index in [0.29, 0.717) is 38.0 Å².